The molecule has 1 atom stereocenters. The van der Waals surface area contributed by atoms with Crippen LogP contribution >= 0.6 is 0 Å². The van der Waals surface area contributed by atoms with Crippen molar-refractivity contribution in [2.45, 2.75) is 12.5 Å². The smallest absolute Gasteiger partial charge is 0.109 e. The molecule has 4 nitrogen and oxygen atoms in total. The molecule has 1 unspecified atom stereocenters. The second-order valence-corrected chi connectivity index (χ2v) is 3.22. The number of nitrogens with zero attached hydrogens (tertiary/aromatic N) is 1. The number of hydrogen-bond donors (Lipinski definition) is 2. The Morgan fingerprint density at radius 3 is 3.00 bits per heavy atom. The monoisotopic (exact) mass is 173 g/mol. The molecule has 71 valence electrons. The van der Waals surface area contributed by atoms with Crippen molar-refractivity contribution in [2.75, 3.05) is 39.3 Å². The molecule has 1 fully saturated rings. The minimum absolute atomic E-state index is 0.385. The summed E-state index contributed by atoms with van der Waals surface area (Å²) in [6.45, 7) is 4.09. The molecule has 0 bridgehead atoms. The summed E-state index contributed by atoms with van der Waals surface area (Å²) in [6, 6.07) is 0. The van der Waals surface area contributed by atoms with E-state index < -0.39 is 6.10 Å². The Morgan fingerprint density at radius 2 is 2.25 bits per heavy atom. The molecule has 0 aromatic heterocycles. The molecule has 1 saturated heterocycles. The molecule has 1 aliphatic heterocycles. The van der Waals surface area contributed by atoms with E-state index in [1.54, 1.807) is 0 Å². The Morgan fingerprint density at radius 1 is 1.42 bits per heavy atom. The van der Waals surface area contributed by atoms with E-state index in [9.17, 15) is 5.11 Å². The van der Waals surface area contributed by atoms with Gasteiger partial charge in [0, 0.05) is 19.6 Å². The number of aliphatic hydroxyl groups excluding tert-OH is 1. The van der Waals surface area contributed by atoms with Crippen LogP contribution in [-0.2, 0) is 5.11 Å². The lowest BCUT2D eigenvalue weighted by atomic mass is 10.3. The molecule has 0 spiro atoms. The van der Waals surface area contributed by atoms with Crippen LogP contribution in [-0.4, -0.2) is 55.4 Å². The Bertz CT molecular complexity index is 114. The number of β-amino-alcohol motifs (C(OH)–C–C–N with tert-alkyl or cyclic N) is 1. The van der Waals surface area contributed by atoms with Crippen molar-refractivity contribution in [2.24, 2.45) is 0 Å². The minimum Gasteiger partial charge on any atom is -0.389 e. The summed E-state index contributed by atoms with van der Waals surface area (Å²) in [5, 5.41) is 22.7. The summed E-state index contributed by atoms with van der Waals surface area (Å²) in [5.74, 6) is 0. The van der Waals surface area contributed by atoms with Crippen LogP contribution < -0.4 is 5.32 Å². The Kier molecular flexibility index (Phi) is 4.53. The molecule has 1 rings (SSSR count). The first-order valence-corrected chi connectivity index (χ1v) is 4.52. The summed E-state index contributed by atoms with van der Waals surface area (Å²) in [5.41, 5.74) is 0. The third-order valence-corrected chi connectivity index (χ3v) is 2.09. The largest absolute Gasteiger partial charge is 0.389 e. The quantitative estimate of drug-likeness (QED) is 0.580. The number of hydrogen-bond acceptors (Lipinski definition) is 3. The average Bonchev–Trinajstić information content (AvgIpc) is 2.33. The molecule has 1 aliphatic rings. The molecular weight excluding hydrogens is 156 g/mol. The molecule has 0 amide bonds. The second kappa shape index (κ2) is 5.48. The highest BCUT2D eigenvalue weighted by Crippen LogP contribution is 1.96. The highest BCUT2D eigenvalue weighted by molar-refractivity contribution is 4.68. The van der Waals surface area contributed by atoms with Crippen LogP contribution in [0, 0.1) is 0 Å². The summed E-state index contributed by atoms with van der Waals surface area (Å²) in [4.78, 5) is 2.14. The van der Waals surface area contributed by atoms with Crippen molar-refractivity contribution in [3.8, 4) is 0 Å². The van der Waals surface area contributed by atoms with E-state index in [0.29, 0.717) is 6.54 Å². The second-order valence-electron chi connectivity index (χ2n) is 3.22. The van der Waals surface area contributed by atoms with E-state index in [4.69, 9.17) is 5.11 Å². The van der Waals surface area contributed by atoms with Gasteiger partial charge in [-0.2, -0.15) is 0 Å². The van der Waals surface area contributed by atoms with Crippen molar-refractivity contribution < 1.29 is 10.2 Å². The standard InChI is InChI=1S/C8H17N2O2/c11-7-8(12)6-10-4-1-2-9-3-5-10/h8-9,12H,1-7H2. The highest BCUT2D eigenvalue weighted by Gasteiger charge is 2.12. The predicted octanol–water partition coefficient (Wildman–Crippen LogP) is -0.927. The summed E-state index contributed by atoms with van der Waals surface area (Å²) in [6.07, 6.45) is 0.411. The van der Waals surface area contributed by atoms with Gasteiger partial charge in [0.2, 0.25) is 0 Å². The summed E-state index contributed by atoms with van der Waals surface area (Å²) >= 11 is 0. The van der Waals surface area contributed by atoms with Crippen molar-refractivity contribution >= 4 is 0 Å². The van der Waals surface area contributed by atoms with Crippen LogP contribution in [0.3, 0.4) is 0 Å². The number of nitrogens with one attached hydrogen (secondary N) is 1. The van der Waals surface area contributed by atoms with E-state index >= 15 is 0 Å². The number of rotatable bonds is 3. The molecule has 0 saturated carbocycles. The SMILES string of the molecule is [O]CC(O)CN1CCCNCC1. The molecule has 4 heteroatoms. The zero-order valence-electron chi connectivity index (χ0n) is 7.33. The molecular formula is C8H17N2O2. The van der Waals surface area contributed by atoms with Gasteiger partial charge < -0.3 is 10.4 Å². The van der Waals surface area contributed by atoms with Gasteiger partial charge in [-0.15, -0.1) is 0 Å². The zero-order valence-corrected chi connectivity index (χ0v) is 7.33. The van der Waals surface area contributed by atoms with Crippen LogP contribution in [0.15, 0.2) is 0 Å². The first-order chi connectivity index (χ1) is 5.83. The van der Waals surface area contributed by atoms with Crippen molar-refractivity contribution in [1.29, 1.82) is 0 Å². The van der Waals surface area contributed by atoms with Crippen LogP contribution in [0.2, 0.25) is 0 Å². The molecule has 0 aliphatic carbocycles. The normalized spacial score (nSPS) is 23.5. The molecule has 2 N–H and O–H groups in total. The third-order valence-electron chi connectivity index (χ3n) is 2.09. The Labute approximate surface area is 73.2 Å². The highest BCUT2D eigenvalue weighted by atomic mass is 16.3. The maximum atomic E-state index is 10.3. The fraction of sp³-hybridized carbons (Fsp3) is 1.00. The van der Waals surface area contributed by atoms with Gasteiger partial charge in [0.25, 0.3) is 0 Å². The first-order valence-electron chi connectivity index (χ1n) is 4.52. The lowest BCUT2D eigenvalue weighted by molar-refractivity contribution is 0.0311. The zero-order chi connectivity index (χ0) is 8.81. The topological polar surface area (TPSA) is 55.4 Å². The van der Waals surface area contributed by atoms with Crippen LogP contribution in [0.25, 0.3) is 0 Å². The Hall–Kier alpha value is -0.160. The van der Waals surface area contributed by atoms with Gasteiger partial charge in [-0.05, 0) is 19.5 Å². The Balaban J connectivity index is 2.20. The molecule has 1 radical (unpaired) electrons. The number of aliphatic hydroxyl groups is 1. The predicted molar refractivity (Wildman–Crippen MR) is 45.5 cm³/mol. The van der Waals surface area contributed by atoms with Crippen LogP contribution in [0.5, 0.6) is 0 Å². The van der Waals surface area contributed by atoms with Gasteiger partial charge in [-0.3, -0.25) is 4.90 Å². The van der Waals surface area contributed by atoms with Crippen LogP contribution in [0.4, 0.5) is 0 Å². The van der Waals surface area contributed by atoms with Gasteiger partial charge in [0.05, 0.1) is 6.10 Å². The molecule has 1 heterocycles. The van der Waals surface area contributed by atoms with Gasteiger partial charge in [-0.25, -0.2) is 5.11 Å². The van der Waals surface area contributed by atoms with Gasteiger partial charge in [0.15, 0.2) is 0 Å². The van der Waals surface area contributed by atoms with E-state index in [1.807, 2.05) is 0 Å². The lowest BCUT2D eigenvalue weighted by Crippen LogP contribution is -2.36. The van der Waals surface area contributed by atoms with Gasteiger partial charge in [0.1, 0.15) is 6.61 Å². The summed E-state index contributed by atoms with van der Waals surface area (Å²) in [7, 11) is 0. The first kappa shape index (κ1) is 9.92. The maximum absolute atomic E-state index is 10.3. The van der Waals surface area contributed by atoms with Crippen molar-refractivity contribution in [1.82, 2.24) is 10.2 Å². The fourth-order valence-corrected chi connectivity index (χ4v) is 1.43. The molecule has 12 heavy (non-hydrogen) atoms. The van der Waals surface area contributed by atoms with Crippen molar-refractivity contribution in [3.63, 3.8) is 0 Å². The third kappa shape index (κ3) is 3.49. The summed E-state index contributed by atoms with van der Waals surface area (Å²) < 4.78 is 0. The van der Waals surface area contributed by atoms with E-state index in [0.717, 1.165) is 32.6 Å². The minimum atomic E-state index is -0.692. The lowest BCUT2D eigenvalue weighted by Gasteiger charge is -2.21. The van der Waals surface area contributed by atoms with Crippen LogP contribution in [0.1, 0.15) is 6.42 Å². The van der Waals surface area contributed by atoms with Crippen molar-refractivity contribution in [3.05, 3.63) is 0 Å². The van der Waals surface area contributed by atoms with E-state index in [2.05, 4.69) is 10.2 Å². The average molecular weight is 173 g/mol. The molecule has 0 aromatic rings. The fourth-order valence-electron chi connectivity index (χ4n) is 1.43. The molecule has 0 aromatic carbocycles. The van der Waals surface area contributed by atoms with E-state index in [1.165, 1.54) is 0 Å². The van der Waals surface area contributed by atoms with Gasteiger partial charge >= 0.3 is 0 Å². The van der Waals surface area contributed by atoms with E-state index in [-0.39, 0.29) is 6.61 Å². The van der Waals surface area contributed by atoms with Gasteiger partial charge in [-0.1, -0.05) is 0 Å². The maximum Gasteiger partial charge on any atom is 0.109 e.